The van der Waals surface area contributed by atoms with E-state index in [2.05, 4.69) is 43.6 Å². The summed E-state index contributed by atoms with van der Waals surface area (Å²) in [6, 6.07) is 0. The van der Waals surface area contributed by atoms with Crippen LogP contribution < -0.4 is 0 Å². The van der Waals surface area contributed by atoms with Crippen molar-refractivity contribution in [3.05, 3.63) is 35.3 Å². The highest BCUT2D eigenvalue weighted by Crippen LogP contribution is 2.17. The van der Waals surface area contributed by atoms with Gasteiger partial charge < -0.3 is 0 Å². The fraction of sp³-hybridized carbons (Fsp3) is 0.400. The van der Waals surface area contributed by atoms with Gasteiger partial charge in [0.25, 0.3) is 0 Å². The normalized spacial score (nSPS) is 27.1. The third kappa shape index (κ3) is 2.98. The molecule has 0 fully saturated rings. The van der Waals surface area contributed by atoms with Crippen LogP contribution in [-0.2, 0) is 0 Å². The third-order valence-corrected chi connectivity index (χ3v) is 2.47. The molecule has 0 aromatic carbocycles. The Bertz CT molecular complexity index is 199. The van der Waals surface area contributed by atoms with E-state index in [4.69, 9.17) is 0 Å². The van der Waals surface area contributed by atoms with E-state index in [0.29, 0.717) is 5.92 Å². The van der Waals surface area contributed by atoms with Crippen LogP contribution in [-0.4, -0.2) is 6.26 Å². The van der Waals surface area contributed by atoms with Crippen molar-refractivity contribution in [2.75, 3.05) is 6.26 Å². The molecule has 11 heavy (non-hydrogen) atoms. The van der Waals surface area contributed by atoms with Crippen molar-refractivity contribution in [2.45, 2.75) is 13.3 Å². The van der Waals surface area contributed by atoms with Crippen LogP contribution in [0.15, 0.2) is 35.3 Å². The van der Waals surface area contributed by atoms with Crippen LogP contribution in [0.5, 0.6) is 0 Å². The first-order valence-corrected chi connectivity index (χ1v) is 5.14. The lowest BCUT2D eigenvalue weighted by molar-refractivity contribution is 0.930. The monoisotopic (exact) mass is 166 g/mol. The van der Waals surface area contributed by atoms with Gasteiger partial charge in [0, 0.05) is 4.91 Å². The molecule has 1 atom stereocenters. The molecule has 0 radical (unpaired) electrons. The van der Waals surface area contributed by atoms with Gasteiger partial charge in [0.2, 0.25) is 0 Å². The van der Waals surface area contributed by atoms with Gasteiger partial charge in [0.15, 0.2) is 0 Å². The summed E-state index contributed by atoms with van der Waals surface area (Å²) < 4.78 is 0. The van der Waals surface area contributed by atoms with Gasteiger partial charge in [-0.25, -0.2) is 0 Å². The second-order valence-electron chi connectivity index (χ2n) is 2.69. The van der Waals surface area contributed by atoms with E-state index in [-0.39, 0.29) is 0 Å². The molecule has 0 amide bonds. The van der Waals surface area contributed by atoms with Gasteiger partial charge >= 0.3 is 0 Å². The summed E-state index contributed by atoms with van der Waals surface area (Å²) in [5.41, 5.74) is 0. The summed E-state index contributed by atoms with van der Waals surface area (Å²) in [6.45, 7) is 2.20. The average molecular weight is 166 g/mol. The number of allylic oxidation sites excluding steroid dienone is 5. The Morgan fingerprint density at radius 3 is 3.00 bits per heavy atom. The molecule has 0 heterocycles. The fourth-order valence-corrected chi connectivity index (χ4v) is 1.49. The molecule has 0 N–H and O–H groups in total. The van der Waals surface area contributed by atoms with Gasteiger partial charge in [-0.1, -0.05) is 37.3 Å². The smallest absolute Gasteiger partial charge is 0.00293 e. The Morgan fingerprint density at radius 1 is 1.45 bits per heavy atom. The first kappa shape index (κ1) is 8.66. The van der Waals surface area contributed by atoms with Crippen LogP contribution in [0.2, 0.25) is 0 Å². The molecular formula is C10H14S. The maximum Gasteiger partial charge on any atom is 0.00293 e. The summed E-state index contributed by atoms with van der Waals surface area (Å²) >= 11 is 1.81. The van der Waals surface area contributed by atoms with Crippen molar-refractivity contribution in [2.24, 2.45) is 5.92 Å². The topological polar surface area (TPSA) is 0 Å². The largest absolute Gasteiger partial charge is 0.130 e. The SMILES string of the molecule is CSC1=CC/C=C\C(C)C=C1. The number of hydrogen-bond acceptors (Lipinski definition) is 1. The Hall–Kier alpha value is -0.430. The van der Waals surface area contributed by atoms with E-state index in [9.17, 15) is 0 Å². The average Bonchev–Trinajstić information content (AvgIpc) is 1.98. The van der Waals surface area contributed by atoms with E-state index in [1.165, 1.54) is 4.91 Å². The molecule has 0 aromatic rings. The maximum atomic E-state index is 2.25. The summed E-state index contributed by atoms with van der Waals surface area (Å²) in [4.78, 5) is 1.38. The molecule has 0 spiro atoms. The van der Waals surface area contributed by atoms with E-state index in [0.717, 1.165) is 6.42 Å². The van der Waals surface area contributed by atoms with Crippen molar-refractivity contribution < 1.29 is 0 Å². The second kappa shape index (κ2) is 4.45. The van der Waals surface area contributed by atoms with Crippen molar-refractivity contribution in [1.29, 1.82) is 0 Å². The lowest BCUT2D eigenvalue weighted by Crippen LogP contribution is -1.84. The number of hydrogen-bond donors (Lipinski definition) is 0. The highest BCUT2D eigenvalue weighted by molar-refractivity contribution is 8.02. The zero-order chi connectivity index (χ0) is 8.10. The lowest BCUT2D eigenvalue weighted by Gasteiger charge is -2.02. The van der Waals surface area contributed by atoms with Crippen molar-refractivity contribution >= 4 is 11.8 Å². The van der Waals surface area contributed by atoms with Crippen LogP contribution in [0.3, 0.4) is 0 Å². The van der Waals surface area contributed by atoms with E-state index >= 15 is 0 Å². The number of rotatable bonds is 1. The first-order valence-electron chi connectivity index (χ1n) is 3.92. The van der Waals surface area contributed by atoms with E-state index in [1.807, 2.05) is 11.8 Å². The van der Waals surface area contributed by atoms with E-state index < -0.39 is 0 Å². The zero-order valence-electron chi connectivity index (χ0n) is 7.08. The maximum absolute atomic E-state index is 2.25. The minimum atomic E-state index is 0.589. The zero-order valence-corrected chi connectivity index (χ0v) is 7.90. The van der Waals surface area contributed by atoms with Crippen LogP contribution in [0.4, 0.5) is 0 Å². The predicted molar refractivity (Wildman–Crippen MR) is 53.7 cm³/mol. The summed E-state index contributed by atoms with van der Waals surface area (Å²) in [5.74, 6) is 0.589. The van der Waals surface area contributed by atoms with Crippen LogP contribution in [0.1, 0.15) is 13.3 Å². The predicted octanol–water partition coefficient (Wildman–Crippen LogP) is 3.39. The van der Waals surface area contributed by atoms with Gasteiger partial charge in [-0.05, 0) is 18.6 Å². The fourth-order valence-electron chi connectivity index (χ4n) is 1.01. The van der Waals surface area contributed by atoms with Gasteiger partial charge in [0.1, 0.15) is 0 Å². The van der Waals surface area contributed by atoms with Crippen molar-refractivity contribution in [3.8, 4) is 0 Å². The molecule has 1 rings (SSSR count). The summed E-state index contributed by atoms with van der Waals surface area (Å²) in [7, 11) is 0. The molecule has 0 nitrogen and oxygen atoms in total. The molecule has 1 heteroatoms. The highest BCUT2D eigenvalue weighted by Gasteiger charge is 1.94. The van der Waals surface area contributed by atoms with Gasteiger partial charge in [-0.2, -0.15) is 0 Å². The Labute approximate surface area is 73.1 Å². The highest BCUT2D eigenvalue weighted by atomic mass is 32.2. The minimum Gasteiger partial charge on any atom is -0.130 e. The Kier molecular flexibility index (Phi) is 3.50. The second-order valence-corrected chi connectivity index (χ2v) is 3.57. The molecule has 0 aliphatic heterocycles. The Balaban J connectivity index is 2.70. The molecule has 0 bridgehead atoms. The molecule has 0 aromatic heterocycles. The molecule has 60 valence electrons. The summed E-state index contributed by atoms with van der Waals surface area (Å²) in [6.07, 6.45) is 14.4. The summed E-state index contributed by atoms with van der Waals surface area (Å²) in [5, 5.41) is 0. The van der Waals surface area contributed by atoms with Crippen LogP contribution in [0.25, 0.3) is 0 Å². The minimum absolute atomic E-state index is 0.589. The standard InChI is InChI=1S/C10H14S/c1-9-5-3-4-6-10(11-2)8-7-9/h3,5-9H,4H2,1-2H3/b5-3-,8-7?,10-6?. The molecule has 1 unspecified atom stereocenters. The molecular weight excluding hydrogens is 152 g/mol. The molecule has 1 aliphatic carbocycles. The quantitative estimate of drug-likeness (QED) is 0.538. The van der Waals surface area contributed by atoms with Crippen molar-refractivity contribution in [3.63, 3.8) is 0 Å². The molecule has 1 aliphatic rings. The van der Waals surface area contributed by atoms with Gasteiger partial charge in [-0.3, -0.25) is 0 Å². The van der Waals surface area contributed by atoms with Crippen LogP contribution in [0, 0.1) is 5.92 Å². The lowest BCUT2D eigenvalue weighted by atomic mass is 10.1. The molecule has 0 saturated heterocycles. The van der Waals surface area contributed by atoms with E-state index in [1.54, 1.807) is 0 Å². The van der Waals surface area contributed by atoms with Crippen molar-refractivity contribution in [1.82, 2.24) is 0 Å². The Morgan fingerprint density at radius 2 is 2.27 bits per heavy atom. The van der Waals surface area contributed by atoms with Crippen LogP contribution >= 0.6 is 11.8 Å². The van der Waals surface area contributed by atoms with Gasteiger partial charge in [0.05, 0.1) is 0 Å². The first-order chi connectivity index (χ1) is 5.33. The number of thioether (sulfide) groups is 1. The molecule has 0 saturated carbocycles. The van der Waals surface area contributed by atoms with Gasteiger partial charge in [-0.15, -0.1) is 11.8 Å². The third-order valence-electron chi connectivity index (χ3n) is 1.69.